The summed E-state index contributed by atoms with van der Waals surface area (Å²) in [6, 6.07) is 5.53. The molecule has 2 saturated carbocycles. The van der Waals surface area contributed by atoms with Crippen molar-refractivity contribution in [3.63, 3.8) is 0 Å². The SMILES string of the molecule is C[C@]12CCC3c4cccc(F)c4CCC3C1[C@H](CCC(=O)NN1CCCCC1)CC2=O. The number of fused-ring (bicyclic) bond motifs is 5. The minimum atomic E-state index is -0.264. The molecule has 0 spiro atoms. The topological polar surface area (TPSA) is 49.4 Å². The number of rotatable bonds is 4. The number of carbonyl (C=O) groups excluding carboxylic acids is 2. The monoisotopic (exact) mass is 426 g/mol. The standard InChI is InChI=1S/C26H35FN2O2/c1-26-13-12-19-18-6-5-7-22(27)20(18)9-10-21(19)25(26)17(16-23(26)30)8-11-24(31)28-29-14-3-2-4-15-29/h5-7,17,19,21,25H,2-4,8-16H2,1H3,(H,28,31)/t17-,19?,21?,25?,26-/m1/s1. The maximum Gasteiger partial charge on any atom is 0.234 e. The van der Waals surface area contributed by atoms with Gasteiger partial charge in [0.2, 0.25) is 5.91 Å². The van der Waals surface area contributed by atoms with E-state index in [0.29, 0.717) is 36.4 Å². The fourth-order valence-corrected chi connectivity index (χ4v) is 7.45. The van der Waals surface area contributed by atoms with E-state index in [4.69, 9.17) is 0 Å². The molecule has 3 aliphatic carbocycles. The number of carbonyl (C=O) groups is 2. The molecule has 5 atom stereocenters. The third-order valence-corrected chi connectivity index (χ3v) is 8.94. The zero-order valence-electron chi connectivity index (χ0n) is 18.7. The van der Waals surface area contributed by atoms with Crippen molar-refractivity contribution < 1.29 is 14.0 Å². The smallest absolute Gasteiger partial charge is 0.234 e. The second-order valence-corrected chi connectivity index (χ2v) is 10.6. The van der Waals surface area contributed by atoms with E-state index < -0.39 is 0 Å². The van der Waals surface area contributed by atoms with Crippen molar-refractivity contribution in [1.82, 2.24) is 10.4 Å². The van der Waals surface area contributed by atoms with Gasteiger partial charge in [0.15, 0.2) is 0 Å². The zero-order valence-corrected chi connectivity index (χ0v) is 18.7. The molecule has 1 aromatic carbocycles. The van der Waals surface area contributed by atoms with Crippen LogP contribution in [-0.2, 0) is 16.0 Å². The number of Topliss-reactive ketones (excluding diaryl/α,β-unsaturated/α-hetero) is 1. The molecule has 1 amide bonds. The molecule has 3 fully saturated rings. The predicted octanol–water partition coefficient (Wildman–Crippen LogP) is 4.77. The van der Waals surface area contributed by atoms with Crippen LogP contribution in [0.3, 0.4) is 0 Å². The molecule has 3 unspecified atom stereocenters. The van der Waals surface area contributed by atoms with Crippen LogP contribution in [0.25, 0.3) is 0 Å². The summed E-state index contributed by atoms with van der Waals surface area (Å²) in [6.45, 7) is 4.05. The van der Waals surface area contributed by atoms with Gasteiger partial charge in [0.05, 0.1) is 0 Å². The summed E-state index contributed by atoms with van der Waals surface area (Å²) < 4.78 is 14.4. The minimum absolute atomic E-state index is 0.0716. The third kappa shape index (κ3) is 3.73. The van der Waals surface area contributed by atoms with E-state index >= 15 is 0 Å². The molecule has 0 bridgehead atoms. The van der Waals surface area contributed by atoms with Crippen molar-refractivity contribution in [1.29, 1.82) is 0 Å². The highest BCUT2D eigenvalue weighted by Gasteiger charge is 2.58. The Kier molecular flexibility index (Phi) is 5.66. The number of ketones is 1. The number of piperidine rings is 1. The van der Waals surface area contributed by atoms with Crippen molar-refractivity contribution in [2.24, 2.45) is 23.2 Å². The number of hydrogen-bond donors (Lipinski definition) is 1. The lowest BCUT2D eigenvalue weighted by Gasteiger charge is -2.50. The molecule has 1 aliphatic heterocycles. The maximum atomic E-state index is 14.4. The van der Waals surface area contributed by atoms with Crippen molar-refractivity contribution in [2.45, 2.75) is 77.0 Å². The van der Waals surface area contributed by atoms with Crippen LogP contribution in [0.4, 0.5) is 4.39 Å². The van der Waals surface area contributed by atoms with E-state index in [0.717, 1.165) is 63.6 Å². The highest BCUT2D eigenvalue weighted by molar-refractivity contribution is 5.88. The first-order valence-corrected chi connectivity index (χ1v) is 12.3. The van der Waals surface area contributed by atoms with E-state index in [1.165, 1.54) is 12.0 Å². The average molecular weight is 427 g/mol. The van der Waals surface area contributed by atoms with Gasteiger partial charge in [-0.15, -0.1) is 0 Å². The highest BCUT2D eigenvalue weighted by Crippen LogP contribution is 2.62. The van der Waals surface area contributed by atoms with Crippen LogP contribution in [0, 0.1) is 29.0 Å². The highest BCUT2D eigenvalue weighted by atomic mass is 19.1. The van der Waals surface area contributed by atoms with E-state index in [-0.39, 0.29) is 23.1 Å². The van der Waals surface area contributed by atoms with Gasteiger partial charge in [0, 0.05) is 31.3 Å². The quantitative estimate of drug-likeness (QED) is 0.754. The first-order chi connectivity index (χ1) is 15.0. The number of hydrogen-bond acceptors (Lipinski definition) is 3. The van der Waals surface area contributed by atoms with E-state index in [9.17, 15) is 14.0 Å². The number of hydrazine groups is 1. The van der Waals surface area contributed by atoms with E-state index in [1.807, 2.05) is 6.07 Å². The van der Waals surface area contributed by atoms with Crippen LogP contribution in [-0.4, -0.2) is 29.8 Å². The second-order valence-electron chi connectivity index (χ2n) is 10.6. The van der Waals surface area contributed by atoms with Gasteiger partial charge in [0.25, 0.3) is 0 Å². The third-order valence-electron chi connectivity index (χ3n) is 8.94. The van der Waals surface area contributed by atoms with Crippen molar-refractivity contribution in [2.75, 3.05) is 13.1 Å². The van der Waals surface area contributed by atoms with Gasteiger partial charge in [-0.2, -0.15) is 0 Å². The summed E-state index contributed by atoms with van der Waals surface area (Å²) in [5, 5.41) is 2.05. The Morgan fingerprint density at radius 2 is 2.03 bits per heavy atom. The van der Waals surface area contributed by atoms with Gasteiger partial charge in [-0.05, 0) is 85.8 Å². The molecular formula is C26H35FN2O2. The Labute approximate surface area is 184 Å². The number of amides is 1. The lowest BCUT2D eigenvalue weighted by molar-refractivity contribution is -0.129. The molecule has 4 nitrogen and oxygen atoms in total. The summed E-state index contributed by atoms with van der Waals surface area (Å²) in [6.07, 6.45) is 9.01. The summed E-state index contributed by atoms with van der Waals surface area (Å²) in [7, 11) is 0. The first-order valence-electron chi connectivity index (χ1n) is 12.3. The minimum Gasteiger partial charge on any atom is -0.299 e. The molecule has 168 valence electrons. The molecule has 0 aromatic heterocycles. The van der Waals surface area contributed by atoms with E-state index in [2.05, 4.69) is 23.4 Å². The molecule has 1 N–H and O–H groups in total. The summed E-state index contributed by atoms with van der Waals surface area (Å²) in [5.74, 6) is 1.78. The Morgan fingerprint density at radius 3 is 2.84 bits per heavy atom. The predicted molar refractivity (Wildman–Crippen MR) is 118 cm³/mol. The molecule has 1 heterocycles. The van der Waals surface area contributed by atoms with Crippen LogP contribution in [0.15, 0.2) is 18.2 Å². The summed E-state index contributed by atoms with van der Waals surface area (Å²) in [4.78, 5) is 25.7. The molecule has 0 radical (unpaired) electrons. The second kappa shape index (κ2) is 8.31. The van der Waals surface area contributed by atoms with Gasteiger partial charge in [-0.1, -0.05) is 25.5 Å². The Balaban J connectivity index is 1.31. The Bertz CT molecular complexity index is 865. The lowest BCUT2D eigenvalue weighted by Crippen LogP contribution is -2.46. The normalized spacial score (nSPS) is 35.2. The number of nitrogens with one attached hydrogen (secondary N) is 1. The molecule has 5 heteroatoms. The van der Waals surface area contributed by atoms with Crippen molar-refractivity contribution in [3.05, 3.63) is 35.1 Å². The number of benzene rings is 1. The zero-order chi connectivity index (χ0) is 21.6. The fraction of sp³-hybridized carbons (Fsp3) is 0.692. The number of halogens is 1. The number of nitrogens with zero attached hydrogens (tertiary/aromatic N) is 1. The molecular weight excluding hydrogens is 391 g/mol. The molecule has 1 aromatic rings. The van der Waals surface area contributed by atoms with Crippen molar-refractivity contribution in [3.8, 4) is 0 Å². The first kappa shape index (κ1) is 21.1. The Hall–Kier alpha value is -1.75. The summed E-state index contributed by atoms with van der Waals surface area (Å²) >= 11 is 0. The van der Waals surface area contributed by atoms with Crippen molar-refractivity contribution >= 4 is 11.7 Å². The molecule has 5 rings (SSSR count). The van der Waals surface area contributed by atoms with Gasteiger partial charge >= 0.3 is 0 Å². The van der Waals surface area contributed by atoms with Gasteiger partial charge in [0.1, 0.15) is 11.6 Å². The lowest BCUT2D eigenvalue weighted by atomic mass is 9.54. The fourth-order valence-electron chi connectivity index (χ4n) is 7.45. The van der Waals surface area contributed by atoms with Gasteiger partial charge in [-0.25, -0.2) is 9.40 Å². The molecule has 1 saturated heterocycles. The summed E-state index contributed by atoms with van der Waals surface area (Å²) in [5.41, 5.74) is 4.89. The molecule has 4 aliphatic rings. The van der Waals surface area contributed by atoms with Crippen LogP contribution >= 0.6 is 0 Å². The Morgan fingerprint density at radius 1 is 1.23 bits per heavy atom. The maximum absolute atomic E-state index is 14.4. The largest absolute Gasteiger partial charge is 0.299 e. The van der Waals surface area contributed by atoms with Crippen LogP contribution in [0.1, 0.15) is 81.8 Å². The average Bonchev–Trinajstić information content (AvgIpc) is 3.03. The molecule has 31 heavy (non-hydrogen) atoms. The van der Waals surface area contributed by atoms with Crippen LogP contribution in [0.2, 0.25) is 0 Å². The van der Waals surface area contributed by atoms with E-state index in [1.54, 1.807) is 6.07 Å². The van der Waals surface area contributed by atoms with Gasteiger partial charge < -0.3 is 0 Å². The van der Waals surface area contributed by atoms with Gasteiger partial charge in [-0.3, -0.25) is 15.0 Å². The van der Waals surface area contributed by atoms with Crippen LogP contribution < -0.4 is 5.43 Å². The van der Waals surface area contributed by atoms with Crippen LogP contribution in [0.5, 0.6) is 0 Å².